The second-order valence-corrected chi connectivity index (χ2v) is 5.62. The molecule has 5 nitrogen and oxygen atoms in total. The Morgan fingerprint density at radius 1 is 1.65 bits per heavy atom. The van der Waals surface area contributed by atoms with Crippen LogP contribution in [-0.2, 0) is 0 Å². The van der Waals surface area contributed by atoms with Crippen molar-refractivity contribution >= 4 is 28.4 Å². The van der Waals surface area contributed by atoms with Crippen LogP contribution in [0.1, 0.15) is 12.8 Å². The molecule has 1 atom stereocenters. The van der Waals surface area contributed by atoms with Crippen molar-refractivity contribution in [3.8, 4) is 0 Å². The Morgan fingerprint density at radius 3 is 3.12 bits per heavy atom. The smallest absolute Gasteiger partial charge is 0.266 e. The first-order valence-electron chi connectivity index (χ1n) is 5.74. The van der Waals surface area contributed by atoms with E-state index in [4.69, 9.17) is 0 Å². The van der Waals surface area contributed by atoms with Crippen LogP contribution >= 0.6 is 22.6 Å². The first-order valence-corrected chi connectivity index (χ1v) is 6.82. The van der Waals surface area contributed by atoms with Crippen molar-refractivity contribution in [3.05, 3.63) is 20.3 Å². The van der Waals surface area contributed by atoms with Gasteiger partial charge in [0.1, 0.15) is 9.39 Å². The molecule has 1 unspecified atom stereocenters. The average Bonchev–Trinajstić information content (AvgIpc) is 2.32. The third-order valence-corrected chi connectivity index (χ3v) is 4.23. The van der Waals surface area contributed by atoms with Gasteiger partial charge in [-0.2, -0.15) is 0 Å². The van der Waals surface area contributed by atoms with Crippen LogP contribution < -0.4 is 10.5 Å². The Hall–Kier alpha value is -0.630. The predicted molar refractivity (Wildman–Crippen MR) is 76.5 cm³/mol. The summed E-state index contributed by atoms with van der Waals surface area (Å²) in [7, 11) is 4.16. The first kappa shape index (κ1) is 12.8. The number of halogens is 1. The second-order valence-electron chi connectivity index (χ2n) is 4.54. The van der Waals surface area contributed by atoms with Gasteiger partial charge in [-0.3, -0.25) is 4.79 Å². The number of piperidine rings is 1. The van der Waals surface area contributed by atoms with Crippen LogP contribution in [0.15, 0.2) is 11.1 Å². The van der Waals surface area contributed by atoms with Gasteiger partial charge in [0, 0.05) is 19.6 Å². The first-order chi connectivity index (χ1) is 8.09. The van der Waals surface area contributed by atoms with Crippen molar-refractivity contribution in [3.63, 3.8) is 0 Å². The second kappa shape index (κ2) is 5.34. The normalized spacial score (nSPS) is 21.5. The molecule has 0 aliphatic carbocycles. The van der Waals surface area contributed by atoms with Crippen molar-refractivity contribution in [2.24, 2.45) is 0 Å². The topological polar surface area (TPSA) is 52.2 Å². The molecular weight excluding hydrogens is 331 g/mol. The number of hydrogen-bond donors (Lipinski definition) is 1. The number of aromatic amines is 1. The molecule has 1 aromatic rings. The highest BCUT2D eigenvalue weighted by molar-refractivity contribution is 14.1. The van der Waals surface area contributed by atoms with Gasteiger partial charge in [-0.05, 0) is 49.0 Å². The standard InChI is InChI=1S/C11H17IN4O/c1-15-5-3-4-8(6-15)16(2)10-9(12)11(17)14-7-13-10/h7-8H,3-6H2,1-2H3,(H,13,14,17). The minimum Gasteiger partial charge on any atom is -0.354 e. The fourth-order valence-electron chi connectivity index (χ4n) is 2.25. The molecule has 0 spiro atoms. The number of nitrogens with zero attached hydrogens (tertiary/aromatic N) is 3. The van der Waals surface area contributed by atoms with Crippen molar-refractivity contribution in [1.29, 1.82) is 0 Å². The van der Waals surface area contributed by atoms with E-state index in [1.165, 1.54) is 12.7 Å². The lowest BCUT2D eigenvalue weighted by molar-refractivity contribution is 0.247. The molecule has 0 radical (unpaired) electrons. The highest BCUT2D eigenvalue weighted by Gasteiger charge is 2.23. The monoisotopic (exact) mass is 348 g/mol. The molecule has 2 heterocycles. The summed E-state index contributed by atoms with van der Waals surface area (Å²) >= 11 is 2.06. The van der Waals surface area contributed by atoms with Gasteiger partial charge in [-0.1, -0.05) is 0 Å². The van der Waals surface area contributed by atoms with Gasteiger partial charge in [0.15, 0.2) is 0 Å². The molecule has 0 saturated carbocycles. The van der Waals surface area contributed by atoms with E-state index in [0.29, 0.717) is 9.61 Å². The fourth-order valence-corrected chi connectivity index (χ4v) is 2.92. The van der Waals surface area contributed by atoms with E-state index in [-0.39, 0.29) is 5.56 Å². The zero-order chi connectivity index (χ0) is 12.4. The maximum absolute atomic E-state index is 11.6. The number of likely N-dealkylation sites (tertiary alicyclic amines) is 1. The Bertz CT molecular complexity index is 447. The Balaban J connectivity index is 2.21. The third kappa shape index (κ3) is 2.79. The third-order valence-electron chi connectivity index (χ3n) is 3.26. The van der Waals surface area contributed by atoms with E-state index < -0.39 is 0 Å². The van der Waals surface area contributed by atoms with E-state index in [1.807, 2.05) is 7.05 Å². The van der Waals surface area contributed by atoms with E-state index in [0.717, 1.165) is 25.3 Å². The maximum Gasteiger partial charge on any atom is 0.266 e. The molecule has 0 bridgehead atoms. The van der Waals surface area contributed by atoms with Gasteiger partial charge in [0.25, 0.3) is 5.56 Å². The van der Waals surface area contributed by atoms with Crippen LogP contribution in [0.4, 0.5) is 5.82 Å². The molecule has 94 valence electrons. The average molecular weight is 348 g/mol. The van der Waals surface area contributed by atoms with Crippen molar-refractivity contribution in [1.82, 2.24) is 14.9 Å². The van der Waals surface area contributed by atoms with Gasteiger partial charge in [0.2, 0.25) is 0 Å². The maximum atomic E-state index is 11.6. The van der Waals surface area contributed by atoms with Crippen molar-refractivity contribution in [2.75, 3.05) is 32.1 Å². The lowest BCUT2D eigenvalue weighted by Gasteiger charge is -2.36. The molecule has 1 fully saturated rings. The van der Waals surface area contributed by atoms with Crippen molar-refractivity contribution < 1.29 is 0 Å². The molecule has 1 saturated heterocycles. The van der Waals surface area contributed by atoms with E-state index >= 15 is 0 Å². The summed E-state index contributed by atoms with van der Waals surface area (Å²) < 4.78 is 0.667. The zero-order valence-corrected chi connectivity index (χ0v) is 12.3. The van der Waals surface area contributed by atoms with Crippen LogP contribution in [-0.4, -0.2) is 48.1 Å². The van der Waals surface area contributed by atoms with Crippen LogP contribution in [0.25, 0.3) is 0 Å². The van der Waals surface area contributed by atoms with Gasteiger partial charge >= 0.3 is 0 Å². The summed E-state index contributed by atoms with van der Waals surface area (Å²) in [6, 6.07) is 0.441. The molecule has 1 N–H and O–H groups in total. The Morgan fingerprint density at radius 2 is 2.41 bits per heavy atom. The molecule has 0 amide bonds. The minimum absolute atomic E-state index is 0.0633. The minimum atomic E-state index is -0.0633. The molecular formula is C11H17IN4O. The summed E-state index contributed by atoms with van der Waals surface area (Å²) in [6.45, 7) is 2.19. The number of aromatic nitrogens is 2. The van der Waals surface area contributed by atoms with E-state index in [9.17, 15) is 4.79 Å². The number of likely N-dealkylation sites (N-methyl/N-ethyl adjacent to an activating group) is 2. The molecule has 0 aromatic carbocycles. The van der Waals surface area contributed by atoms with E-state index in [2.05, 4.69) is 49.4 Å². The number of nitrogens with one attached hydrogen (secondary N) is 1. The van der Waals surface area contributed by atoms with Crippen LogP contribution in [0.2, 0.25) is 0 Å². The largest absolute Gasteiger partial charge is 0.354 e. The van der Waals surface area contributed by atoms with Gasteiger partial charge in [0.05, 0.1) is 6.33 Å². The van der Waals surface area contributed by atoms with Crippen molar-refractivity contribution in [2.45, 2.75) is 18.9 Å². The Labute approximate surface area is 114 Å². The predicted octanol–water partition coefficient (Wildman–Crippen LogP) is 0.905. The number of rotatable bonds is 2. The highest BCUT2D eigenvalue weighted by Crippen LogP contribution is 2.21. The molecule has 6 heteroatoms. The fraction of sp³-hybridized carbons (Fsp3) is 0.636. The number of hydrogen-bond acceptors (Lipinski definition) is 4. The zero-order valence-electron chi connectivity index (χ0n) is 10.1. The summed E-state index contributed by atoms with van der Waals surface area (Å²) in [5.41, 5.74) is -0.0633. The van der Waals surface area contributed by atoms with Crippen LogP contribution in [0, 0.1) is 3.57 Å². The summed E-state index contributed by atoms with van der Waals surface area (Å²) in [5.74, 6) is 0.787. The molecule has 2 rings (SSSR count). The number of anilines is 1. The van der Waals surface area contributed by atoms with Crippen LogP contribution in [0.3, 0.4) is 0 Å². The highest BCUT2D eigenvalue weighted by atomic mass is 127. The number of H-pyrrole nitrogens is 1. The van der Waals surface area contributed by atoms with Gasteiger partial charge < -0.3 is 14.8 Å². The van der Waals surface area contributed by atoms with E-state index in [1.54, 1.807) is 0 Å². The summed E-state index contributed by atoms with van der Waals surface area (Å²) in [4.78, 5) is 22.9. The SMILES string of the molecule is CN1CCCC(N(C)c2nc[nH]c(=O)c2I)C1. The quantitative estimate of drug-likeness (QED) is 0.808. The summed E-state index contributed by atoms with van der Waals surface area (Å²) in [6.07, 6.45) is 3.83. The van der Waals surface area contributed by atoms with Crippen LogP contribution in [0.5, 0.6) is 0 Å². The van der Waals surface area contributed by atoms with Gasteiger partial charge in [-0.15, -0.1) is 0 Å². The molecule has 1 aromatic heterocycles. The molecule has 1 aliphatic rings. The van der Waals surface area contributed by atoms with Gasteiger partial charge in [-0.25, -0.2) is 4.98 Å². The Kier molecular flexibility index (Phi) is 4.03. The summed E-state index contributed by atoms with van der Waals surface area (Å²) in [5, 5.41) is 0. The molecule has 1 aliphatic heterocycles. The lowest BCUT2D eigenvalue weighted by atomic mass is 10.1. The lowest BCUT2D eigenvalue weighted by Crippen LogP contribution is -2.46. The molecule has 17 heavy (non-hydrogen) atoms.